The van der Waals surface area contributed by atoms with Crippen molar-refractivity contribution in [1.82, 2.24) is 0 Å². The van der Waals surface area contributed by atoms with E-state index in [1.165, 1.54) is 0 Å². The van der Waals surface area contributed by atoms with Crippen LogP contribution in [0.3, 0.4) is 0 Å². The second kappa shape index (κ2) is 3.33. The van der Waals surface area contributed by atoms with E-state index in [9.17, 15) is 9.59 Å². The molecule has 4 aliphatic rings. The molecule has 106 valence electrons. The van der Waals surface area contributed by atoms with E-state index >= 15 is 0 Å². The lowest BCUT2D eigenvalue weighted by Crippen LogP contribution is -2.63. The van der Waals surface area contributed by atoms with Gasteiger partial charge >= 0.3 is 0 Å². The molecule has 0 aliphatic heterocycles. The first kappa shape index (κ1) is 12.9. The van der Waals surface area contributed by atoms with Crippen LogP contribution in [0.4, 0.5) is 0 Å². The molecule has 0 aromatic heterocycles. The fraction of sp³-hybridized carbons (Fsp3) is 0.867. The van der Waals surface area contributed by atoms with Crippen molar-refractivity contribution in [2.24, 2.45) is 33.1 Å². The lowest BCUT2D eigenvalue weighted by Gasteiger charge is -2.68. The number of primary amides is 2. The molecule has 0 spiro atoms. The van der Waals surface area contributed by atoms with Gasteiger partial charge in [0.2, 0.25) is 11.8 Å². The van der Waals surface area contributed by atoms with Crippen LogP contribution >= 0.6 is 0 Å². The van der Waals surface area contributed by atoms with Gasteiger partial charge in [0.15, 0.2) is 0 Å². The van der Waals surface area contributed by atoms with E-state index in [-0.39, 0.29) is 28.1 Å². The van der Waals surface area contributed by atoms with Crippen molar-refractivity contribution in [1.29, 1.82) is 0 Å². The number of hydrogen-bond donors (Lipinski definition) is 2. The Morgan fingerprint density at radius 2 is 1.42 bits per heavy atom. The molecule has 4 bridgehead atoms. The van der Waals surface area contributed by atoms with E-state index in [2.05, 4.69) is 13.8 Å². The monoisotopic (exact) mass is 264 g/mol. The maximum Gasteiger partial charge on any atom is 0.223 e. The average molecular weight is 264 g/mol. The van der Waals surface area contributed by atoms with Gasteiger partial charge in [0, 0.05) is 6.42 Å². The van der Waals surface area contributed by atoms with Gasteiger partial charge in [0.25, 0.3) is 0 Å². The van der Waals surface area contributed by atoms with Crippen LogP contribution in [0.25, 0.3) is 0 Å². The van der Waals surface area contributed by atoms with Crippen LogP contribution in [-0.2, 0) is 9.59 Å². The minimum Gasteiger partial charge on any atom is -0.370 e. The molecule has 2 atom stereocenters. The van der Waals surface area contributed by atoms with Gasteiger partial charge in [-0.15, -0.1) is 0 Å². The van der Waals surface area contributed by atoms with Gasteiger partial charge in [-0.1, -0.05) is 13.8 Å². The highest BCUT2D eigenvalue weighted by Crippen LogP contribution is 2.74. The fourth-order valence-electron chi connectivity index (χ4n) is 6.76. The lowest BCUT2D eigenvalue weighted by molar-refractivity contribution is -0.196. The van der Waals surface area contributed by atoms with Gasteiger partial charge in [0.1, 0.15) is 0 Å². The molecule has 4 aliphatic carbocycles. The molecule has 4 saturated carbocycles. The molecule has 2 amide bonds. The Kier molecular flexibility index (Phi) is 2.27. The fourth-order valence-corrected chi connectivity index (χ4v) is 6.76. The first-order chi connectivity index (χ1) is 8.60. The highest BCUT2D eigenvalue weighted by Gasteiger charge is 2.67. The van der Waals surface area contributed by atoms with Gasteiger partial charge in [-0.2, -0.15) is 0 Å². The zero-order valence-corrected chi connectivity index (χ0v) is 11.9. The van der Waals surface area contributed by atoms with E-state index in [0.717, 1.165) is 38.5 Å². The molecule has 19 heavy (non-hydrogen) atoms. The Labute approximate surface area is 114 Å². The third kappa shape index (κ3) is 1.79. The Balaban J connectivity index is 2.06. The number of carbonyl (C=O) groups is 2. The van der Waals surface area contributed by atoms with Crippen molar-refractivity contribution in [3.63, 3.8) is 0 Å². The molecule has 0 heterocycles. The predicted molar refractivity (Wildman–Crippen MR) is 71.8 cm³/mol. The van der Waals surface area contributed by atoms with Crippen LogP contribution in [0.1, 0.15) is 58.8 Å². The summed E-state index contributed by atoms with van der Waals surface area (Å²) in [6, 6.07) is 0. The zero-order valence-electron chi connectivity index (χ0n) is 11.9. The van der Waals surface area contributed by atoms with E-state index in [1.54, 1.807) is 0 Å². The van der Waals surface area contributed by atoms with Gasteiger partial charge in [-0.3, -0.25) is 9.59 Å². The molecular weight excluding hydrogens is 240 g/mol. The molecule has 4 heteroatoms. The number of carbonyl (C=O) groups excluding carboxylic acids is 2. The van der Waals surface area contributed by atoms with Crippen LogP contribution in [0.15, 0.2) is 0 Å². The zero-order chi connectivity index (χ0) is 14.1. The van der Waals surface area contributed by atoms with Crippen molar-refractivity contribution < 1.29 is 9.59 Å². The average Bonchev–Trinajstić information content (AvgIpc) is 2.07. The number of nitrogens with two attached hydrogens (primary N) is 2. The van der Waals surface area contributed by atoms with Crippen LogP contribution in [0.2, 0.25) is 0 Å². The summed E-state index contributed by atoms with van der Waals surface area (Å²) in [6.45, 7) is 4.52. The molecule has 2 unspecified atom stereocenters. The summed E-state index contributed by atoms with van der Waals surface area (Å²) in [6.07, 6.45) is 6.16. The van der Waals surface area contributed by atoms with E-state index in [0.29, 0.717) is 6.42 Å². The molecule has 0 aromatic rings. The largest absolute Gasteiger partial charge is 0.370 e. The highest BCUT2D eigenvalue weighted by molar-refractivity contribution is 5.82. The molecule has 0 saturated heterocycles. The molecule has 4 rings (SSSR count). The summed E-state index contributed by atoms with van der Waals surface area (Å²) in [5.74, 6) is -0.410. The second-order valence-corrected chi connectivity index (χ2v) is 8.47. The predicted octanol–water partition coefficient (Wildman–Crippen LogP) is 1.71. The maximum atomic E-state index is 12.1. The highest BCUT2D eigenvalue weighted by atomic mass is 16.1. The minimum absolute atomic E-state index is 0.0842. The topological polar surface area (TPSA) is 86.2 Å². The van der Waals surface area contributed by atoms with Crippen molar-refractivity contribution in [3.8, 4) is 0 Å². The van der Waals surface area contributed by atoms with Crippen molar-refractivity contribution >= 4 is 11.8 Å². The summed E-state index contributed by atoms with van der Waals surface area (Å²) in [4.78, 5) is 23.5. The van der Waals surface area contributed by atoms with Gasteiger partial charge in [-0.25, -0.2) is 0 Å². The van der Waals surface area contributed by atoms with Gasteiger partial charge in [0.05, 0.1) is 5.41 Å². The summed E-state index contributed by atoms with van der Waals surface area (Å²) >= 11 is 0. The quantitative estimate of drug-likeness (QED) is 0.813. The smallest absolute Gasteiger partial charge is 0.223 e. The standard InChI is InChI=1S/C15H24N2O2/c1-12-4-13(2)6-14(5-12,3-10(16)18)9-15(7-12,8-13)11(17)19/h3-9H2,1-2H3,(H2,16,18)(H2,17,19). The lowest BCUT2D eigenvalue weighted by atomic mass is 9.35. The third-order valence-corrected chi connectivity index (χ3v) is 5.77. The van der Waals surface area contributed by atoms with Gasteiger partial charge in [-0.05, 0) is 54.8 Å². The summed E-state index contributed by atoms with van der Waals surface area (Å²) < 4.78 is 0. The minimum atomic E-state index is -0.395. The molecule has 0 aromatic carbocycles. The van der Waals surface area contributed by atoms with E-state index in [4.69, 9.17) is 11.5 Å². The van der Waals surface area contributed by atoms with Crippen molar-refractivity contribution in [2.45, 2.75) is 58.8 Å². The van der Waals surface area contributed by atoms with Crippen LogP contribution in [-0.4, -0.2) is 11.8 Å². The Morgan fingerprint density at radius 1 is 0.895 bits per heavy atom. The van der Waals surface area contributed by atoms with Gasteiger partial charge < -0.3 is 11.5 Å². The van der Waals surface area contributed by atoms with Crippen molar-refractivity contribution in [3.05, 3.63) is 0 Å². The number of amides is 2. The number of rotatable bonds is 3. The normalized spacial score (nSPS) is 51.3. The van der Waals surface area contributed by atoms with Crippen molar-refractivity contribution in [2.75, 3.05) is 0 Å². The number of hydrogen-bond acceptors (Lipinski definition) is 2. The molecule has 0 radical (unpaired) electrons. The third-order valence-electron chi connectivity index (χ3n) is 5.77. The van der Waals surface area contributed by atoms with Crippen LogP contribution in [0, 0.1) is 21.7 Å². The van der Waals surface area contributed by atoms with Crippen LogP contribution in [0.5, 0.6) is 0 Å². The van der Waals surface area contributed by atoms with E-state index < -0.39 is 5.41 Å². The summed E-state index contributed by atoms with van der Waals surface area (Å²) in [5, 5.41) is 0. The maximum absolute atomic E-state index is 12.1. The Bertz CT molecular complexity index is 453. The summed E-state index contributed by atoms with van der Waals surface area (Å²) in [7, 11) is 0. The molecule has 4 N–H and O–H groups in total. The molecular formula is C15H24N2O2. The van der Waals surface area contributed by atoms with Crippen LogP contribution < -0.4 is 11.5 Å². The summed E-state index contributed by atoms with van der Waals surface area (Å²) in [5.41, 5.74) is 11.0. The first-order valence-corrected chi connectivity index (χ1v) is 7.19. The van der Waals surface area contributed by atoms with E-state index in [1.807, 2.05) is 0 Å². The SMILES string of the molecule is CC12CC3(C)CC(CC(N)=O)(C1)CC(C(N)=O)(C2)C3. The first-order valence-electron chi connectivity index (χ1n) is 7.19. The molecule has 4 fully saturated rings. The second-order valence-electron chi connectivity index (χ2n) is 8.47. The Morgan fingerprint density at radius 3 is 1.84 bits per heavy atom. The Hall–Kier alpha value is -1.06. The molecule has 4 nitrogen and oxygen atoms in total.